The Kier molecular flexibility index (Phi) is 5.82. The van der Waals surface area contributed by atoms with E-state index in [1.54, 1.807) is 13.8 Å². The molecule has 1 rings (SSSR count). The van der Waals surface area contributed by atoms with Gasteiger partial charge in [0.2, 0.25) is 5.91 Å². The highest BCUT2D eigenvalue weighted by molar-refractivity contribution is 6.10. The normalized spacial score (nSPS) is 11.0. The molecular formula is C16H21NO5. The summed E-state index contributed by atoms with van der Waals surface area (Å²) in [6.07, 6.45) is 0.453. The van der Waals surface area contributed by atoms with Gasteiger partial charge in [0.15, 0.2) is 5.78 Å². The molecule has 0 aromatic heterocycles. The van der Waals surface area contributed by atoms with Gasteiger partial charge in [0.25, 0.3) is 0 Å². The van der Waals surface area contributed by atoms with Crippen molar-refractivity contribution in [2.45, 2.75) is 39.2 Å². The highest BCUT2D eigenvalue weighted by Gasteiger charge is 2.34. The molecule has 1 aromatic rings. The Morgan fingerprint density at radius 2 is 1.82 bits per heavy atom. The minimum atomic E-state index is -1.54. The monoisotopic (exact) mass is 307 g/mol. The number of carbonyl (C=O) groups is 3. The molecule has 0 unspecified atom stereocenters. The zero-order valence-corrected chi connectivity index (χ0v) is 13.2. The summed E-state index contributed by atoms with van der Waals surface area (Å²) in [4.78, 5) is 35.5. The molecule has 6 heteroatoms. The highest BCUT2D eigenvalue weighted by atomic mass is 16.5. The van der Waals surface area contributed by atoms with Crippen molar-refractivity contribution < 1.29 is 24.2 Å². The molecule has 0 saturated heterocycles. The summed E-state index contributed by atoms with van der Waals surface area (Å²) < 4.78 is 4.63. The number of nitrogens with one attached hydrogen (secondary N) is 1. The van der Waals surface area contributed by atoms with Gasteiger partial charge in [-0.25, -0.2) is 4.79 Å². The highest BCUT2D eigenvalue weighted by Crippen LogP contribution is 2.27. The summed E-state index contributed by atoms with van der Waals surface area (Å²) >= 11 is 0. The number of methoxy groups -OCH3 is 1. The summed E-state index contributed by atoms with van der Waals surface area (Å²) in [5.41, 5.74) is -1.02. The summed E-state index contributed by atoms with van der Waals surface area (Å²) in [5, 5.41) is 13.0. The average Bonchev–Trinajstić information content (AvgIpc) is 2.52. The molecule has 0 radical (unpaired) electrons. The van der Waals surface area contributed by atoms with Crippen LogP contribution in [-0.4, -0.2) is 35.5 Å². The van der Waals surface area contributed by atoms with E-state index in [0.29, 0.717) is 0 Å². The quantitative estimate of drug-likeness (QED) is 0.620. The molecule has 22 heavy (non-hydrogen) atoms. The van der Waals surface area contributed by atoms with Crippen molar-refractivity contribution in [2.24, 2.45) is 0 Å². The van der Waals surface area contributed by atoms with Gasteiger partial charge in [-0.2, -0.15) is 0 Å². The lowest BCUT2D eigenvalue weighted by atomic mass is 9.86. The lowest BCUT2D eigenvalue weighted by Crippen LogP contribution is -2.37. The number of ketones is 1. The molecule has 0 aliphatic heterocycles. The zero-order chi connectivity index (χ0) is 16.9. The van der Waals surface area contributed by atoms with E-state index in [1.165, 1.54) is 32.2 Å². The number of carbonyl (C=O) groups excluding carboxylic acids is 3. The molecule has 0 aliphatic rings. The Morgan fingerprint density at radius 1 is 1.23 bits per heavy atom. The molecule has 0 atom stereocenters. The van der Waals surface area contributed by atoms with Crippen LogP contribution in [0.4, 0.5) is 5.69 Å². The molecule has 2 N–H and O–H groups in total. The first-order chi connectivity index (χ1) is 10.3. The van der Waals surface area contributed by atoms with E-state index in [4.69, 9.17) is 0 Å². The van der Waals surface area contributed by atoms with Gasteiger partial charge in [0, 0.05) is 12.5 Å². The Morgan fingerprint density at radius 3 is 2.27 bits per heavy atom. The summed E-state index contributed by atoms with van der Waals surface area (Å²) in [6, 6.07) is 4.23. The van der Waals surface area contributed by atoms with Crippen molar-refractivity contribution in [3.63, 3.8) is 0 Å². The second-order valence-electron chi connectivity index (χ2n) is 5.00. The van der Waals surface area contributed by atoms with E-state index in [1.807, 2.05) is 0 Å². The second kappa shape index (κ2) is 7.17. The van der Waals surface area contributed by atoms with Gasteiger partial charge in [-0.3, -0.25) is 9.59 Å². The van der Waals surface area contributed by atoms with Crippen molar-refractivity contribution >= 4 is 23.3 Å². The van der Waals surface area contributed by atoms with Crippen molar-refractivity contribution in [3.8, 4) is 0 Å². The fourth-order valence-corrected chi connectivity index (χ4v) is 2.10. The maximum absolute atomic E-state index is 12.6. The van der Waals surface area contributed by atoms with Crippen molar-refractivity contribution in [2.75, 3.05) is 12.4 Å². The molecule has 120 valence electrons. The zero-order valence-electron chi connectivity index (χ0n) is 13.2. The third-order valence-corrected chi connectivity index (χ3v) is 3.59. The Bertz CT molecular complexity index is 590. The van der Waals surface area contributed by atoms with Crippen LogP contribution in [0, 0.1) is 0 Å². The largest absolute Gasteiger partial charge is 0.465 e. The van der Waals surface area contributed by atoms with Crippen LogP contribution < -0.4 is 5.32 Å². The molecule has 0 heterocycles. The fourth-order valence-electron chi connectivity index (χ4n) is 2.10. The molecule has 0 spiro atoms. The van der Waals surface area contributed by atoms with Crippen LogP contribution in [-0.2, 0) is 9.53 Å². The van der Waals surface area contributed by atoms with E-state index in [-0.39, 0.29) is 35.6 Å². The van der Waals surface area contributed by atoms with E-state index in [2.05, 4.69) is 10.1 Å². The number of esters is 1. The molecular weight excluding hydrogens is 286 g/mol. The minimum Gasteiger partial charge on any atom is -0.465 e. The maximum Gasteiger partial charge on any atom is 0.337 e. The van der Waals surface area contributed by atoms with E-state index in [0.717, 1.165) is 0 Å². The van der Waals surface area contributed by atoms with Crippen molar-refractivity contribution in [1.82, 2.24) is 0 Å². The maximum atomic E-state index is 12.6. The van der Waals surface area contributed by atoms with Gasteiger partial charge in [0.1, 0.15) is 5.60 Å². The number of rotatable bonds is 6. The minimum absolute atomic E-state index is 0.0873. The van der Waals surface area contributed by atoms with Crippen LogP contribution in [0.15, 0.2) is 18.2 Å². The first-order valence-electron chi connectivity index (χ1n) is 7.06. The predicted octanol–water partition coefficient (Wildman–Crippen LogP) is 2.17. The second-order valence-corrected chi connectivity index (χ2v) is 5.00. The predicted molar refractivity (Wildman–Crippen MR) is 81.9 cm³/mol. The number of Topliss-reactive ketones (excluding diaryl/α,β-unsaturated/α-hetero) is 1. The van der Waals surface area contributed by atoms with Gasteiger partial charge >= 0.3 is 5.97 Å². The third kappa shape index (κ3) is 3.71. The SMILES string of the molecule is CCC(O)(CC)C(=O)c1cc(C(=O)OC)ccc1NC(C)=O. The Hall–Kier alpha value is -2.21. The van der Waals surface area contributed by atoms with E-state index in [9.17, 15) is 19.5 Å². The molecule has 0 aliphatic carbocycles. The first kappa shape index (κ1) is 17.8. The molecule has 1 amide bonds. The van der Waals surface area contributed by atoms with Crippen LogP contribution in [0.2, 0.25) is 0 Å². The molecule has 1 aromatic carbocycles. The van der Waals surface area contributed by atoms with Gasteiger partial charge < -0.3 is 15.2 Å². The first-order valence-corrected chi connectivity index (χ1v) is 7.06. The number of hydrogen-bond acceptors (Lipinski definition) is 5. The Labute approximate surface area is 129 Å². The van der Waals surface area contributed by atoms with Gasteiger partial charge in [-0.1, -0.05) is 13.8 Å². The summed E-state index contributed by atoms with van der Waals surface area (Å²) in [7, 11) is 1.24. The standard InChI is InChI=1S/C16H21NO5/c1-5-16(21,6-2)14(19)12-9-11(15(20)22-4)7-8-13(12)17-10(3)18/h7-9,21H,5-6H2,1-4H3,(H,17,18). The number of amides is 1. The number of benzene rings is 1. The number of aliphatic hydroxyl groups is 1. The molecule has 6 nitrogen and oxygen atoms in total. The topological polar surface area (TPSA) is 92.7 Å². The van der Waals surface area contributed by atoms with E-state index < -0.39 is 17.4 Å². The third-order valence-electron chi connectivity index (χ3n) is 3.59. The summed E-state index contributed by atoms with van der Waals surface area (Å²) in [5.74, 6) is -1.48. The average molecular weight is 307 g/mol. The lowest BCUT2D eigenvalue weighted by Gasteiger charge is -2.25. The molecule has 0 saturated carbocycles. The van der Waals surface area contributed by atoms with Gasteiger partial charge in [-0.15, -0.1) is 0 Å². The van der Waals surface area contributed by atoms with Gasteiger partial charge in [-0.05, 0) is 31.0 Å². The number of ether oxygens (including phenoxy) is 1. The number of hydrogen-bond donors (Lipinski definition) is 2. The van der Waals surface area contributed by atoms with Crippen LogP contribution in [0.25, 0.3) is 0 Å². The van der Waals surface area contributed by atoms with Crippen molar-refractivity contribution in [3.05, 3.63) is 29.3 Å². The smallest absolute Gasteiger partial charge is 0.337 e. The van der Waals surface area contributed by atoms with Crippen LogP contribution in [0.3, 0.4) is 0 Å². The van der Waals surface area contributed by atoms with Crippen LogP contribution in [0.5, 0.6) is 0 Å². The number of anilines is 1. The van der Waals surface area contributed by atoms with Crippen molar-refractivity contribution in [1.29, 1.82) is 0 Å². The van der Waals surface area contributed by atoms with Gasteiger partial charge in [0.05, 0.1) is 18.4 Å². The summed E-state index contributed by atoms with van der Waals surface area (Å²) in [6.45, 7) is 4.71. The van der Waals surface area contributed by atoms with Crippen LogP contribution >= 0.6 is 0 Å². The Balaban J connectivity index is 3.42. The lowest BCUT2D eigenvalue weighted by molar-refractivity contribution is -0.114. The molecule has 0 bridgehead atoms. The van der Waals surface area contributed by atoms with Crippen LogP contribution in [0.1, 0.15) is 54.3 Å². The molecule has 0 fully saturated rings. The fraction of sp³-hybridized carbons (Fsp3) is 0.438. The van der Waals surface area contributed by atoms with E-state index >= 15 is 0 Å².